The zero-order chi connectivity index (χ0) is 17.5. The number of nitrogens with one attached hydrogen (secondary N) is 1. The summed E-state index contributed by atoms with van der Waals surface area (Å²) in [5.41, 5.74) is 1.18. The molecule has 2 rings (SSSR count). The molecule has 0 saturated carbocycles. The van der Waals surface area contributed by atoms with Crippen LogP contribution in [0.25, 0.3) is 17.4 Å². The van der Waals surface area contributed by atoms with Crippen LogP contribution >= 0.6 is 0 Å². The SMILES string of the molecule is CCOC(=O)c1ccc(-c2ccc(/C=C(\C#N)C(=O)NC)o2)cc1. The number of nitriles is 1. The second-order valence-electron chi connectivity index (χ2n) is 4.75. The lowest BCUT2D eigenvalue weighted by atomic mass is 10.1. The Hall–Kier alpha value is -3.33. The Balaban J connectivity index is 2.22. The van der Waals surface area contributed by atoms with Crippen LogP contribution in [0, 0.1) is 11.3 Å². The van der Waals surface area contributed by atoms with Gasteiger partial charge in [-0.05, 0) is 31.2 Å². The first-order valence-electron chi connectivity index (χ1n) is 7.30. The maximum absolute atomic E-state index is 11.6. The van der Waals surface area contributed by atoms with E-state index in [1.54, 1.807) is 43.3 Å². The van der Waals surface area contributed by atoms with Gasteiger partial charge in [-0.15, -0.1) is 0 Å². The molecule has 0 bridgehead atoms. The summed E-state index contributed by atoms with van der Waals surface area (Å²) in [5, 5.41) is 11.4. The summed E-state index contributed by atoms with van der Waals surface area (Å²) < 4.78 is 10.5. The third-order valence-corrected chi connectivity index (χ3v) is 3.19. The minimum absolute atomic E-state index is 0.0453. The number of amides is 1. The zero-order valence-corrected chi connectivity index (χ0v) is 13.3. The molecule has 1 heterocycles. The summed E-state index contributed by atoms with van der Waals surface area (Å²) in [6.07, 6.45) is 1.37. The third kappa shape index (κ3) is 3.90. The molecule has 122 valence electrons. The van der Waals surface area contributed by atoms with Crippen LogP contribution in [0.15, 0.2) is 46.4 Å². The Bertz CT molecular complexity index is 810. The van der Waals surface area contributed by atoms with Crippen molar-refractivity contribution in [2.75, 3.05) is 13.7 Å². The summed E-state index contributed by atoms with van der Waals surface area (Å²) in [4.78, 5) is 23.1. The molecular weight excluding hydrogens is 308 g/mol. The third-order valence-electron chi connectivity index (χ3n) is 3.19. The molecule has 0 saturated heterocycles. The van der Waals surface area contributed by atoms with Crippen LogP contribution in [0.3, 0.4) is 0 Å². The molecule has 0 fully saturated rings. The fourth-order valence-electron chi connectivity index (χ4n) is 2.00. The zero-order valence-electron chi connectivity index (χ0n) is 13.3. The molecule has 24 heavy (non-hydrogen) atoms. The van der Waals surface area contributed by atoms with E-state index in [-0.39, 0.29) is 11.5 Å². The molecule has 2 aromatic rings. The summed E-state index contributed by atoms with van der Waals surface area (Å²) >= 11 is 0. The van der Waals surface area contributed by atoms with Crippen molar-refractivity contribution in [2.24, 2.45) is 0 Å². The molecular formula is C18H16N2O4. The lowest BCUT2D eigenvalue weighted by Crippen LogP contribution is -2.18. The van der Waals surface area contributed by atoms with Gasteiger partial charge in [0.25, 0.3) is 5.91 Å². The molecule has 0 aliphatic rings. The Morgan fingerprint density at radius 1 is 1.25 bits per heavy atom. The van der Waals surface area contributed by atoms with Crippen molar-refractivity contribution in [3.8, 4) is 17.4 Å². The Labute approximate surface area is 139 Å². The van der Waals surface area contributed by atoms with Crippen molar-refractivity contribution >= 4 is 18.0 Å². The van der Waals surface area contributed by atoms with E-state index in [0.717, 1.165) is 5.56 Å². The predicted octanol–water partition coefficient (Wildman–Crippen LogP) is 2.78. The molecule has 6 heteroatoms. The van der Waals surface area contributed by atoms with Gasteiger partial charge in [-0.1, -0.05) is 12.1 Å². The number of hydrogen-bond donors (Lipinski definition) is 1. The van der Waals surface area contributed by atoms with Crippen LogP contribution in [0.5, 0.6) is 0 Å². The van der Waals surface area contributed by atoms with Gasteiger partial charge in [0.1, 0.15) is 23.2 Å². The summed E-state index contributed by atoms with van der Waals surface area (Å²) in [6.45, 7) is 2.07. The number of nitrogens with zero attached hydrogens (tertiary/aromatic N) is 1. The van der Waals surface area contributed by atoms with Gasteiger partial charge in [0.2, 0.25) is 0 Å². The smallest absolute Gasteiger partial charge is 0.338 e. The summed E-state index contributed by atoms with van der Waals surface area (Å²) in [6, 6.07) is 12.0. The molecule has 1 aromatic carbocycles. The maximum Gasteiger partial charge on any atom is 0.338 e. The second-order valence-corrected chi connectivity index (χ2v) is 4.75. The number of furan rings is 1. The van der Waals surface area contributed by atoms with Crippen molar-refractivity contribution in [3.05, 3.63) is 53.3 Å². The molecule has 0 radical (unpaired) electrons. The van der Waals surface area contributed by atoms with Crippen LogP contribution in [-0.2, 0) is 9.53 Å². The van der Waals surface area contributed by atoms with Gasteiger partial charge in [0.15, 0.2) is 0 Å². The van der Waals surface area contributed by atoms with Gasteiger partial charge in [-0.3, -0.25) is 4.79 Å². The first kappa shape index (κ1) is 17.0. The molecule has 0 spiro atoms. The van der Waals surface area contributed by atoms with Crippen molar-refractivity contribution in [1.82, 2.24) is 5.32 Å². The minimum atomic E-state index is -0.478. The Kier molecular flexibility index (Phi) is 5.53. The quantitative estimate of drug-likeness (QED) is 0.518. The number of carbonyl (C=O) groups excluding carboxylic acids is 2. The average Bonchev–Trinajstić information content (AvgIpc) is 3.08. The second kappa shape index (κ2) is 7.79. The Morgan fingerprint density at radius 3 is 2.54 bits per heavy atom. The molecule has 6 nitrogen and oxygen atoms in total. The highest BCUT2D eigenvalue weighted by Gasteiger charge is 2.10. The molecule has 1 N–H and O–H groups in total. The molecule has 0 unspecified atom stereocenters. The van der Waals surface area contributed by atoms with Gasteiger partial charge in [0.05, 0.1) is 12.2 Å². The van der Waals surface area contributed by atoms with Crippen LogP contribution in [0.4, 0.5) is 0 Å². The minimum Gasteiger partial charge on any atom is -0.462 e. The lowest BCUT2D eigenvalue weighted by molar-refractivity contribution is -0.116. The number of benzene rings is 1. The Morgan fingerprint density at radius 2 is 1.96 bits per heavy atom. The molecule has 0 atom stereocenters. The van der Waals surface area contributed by atoms with E-state index in [2.05, 4.69) is 5.32 Å². The van der Waals surface area contributed by atoms with Crippen molar-refractivity contribution < 1.29 is 18.7 Å². The van der Waals surface area contributed by atoms with E-state index in [0.29, 0.717) is 23.7 Å². The number of ether oxygens (including phenoxy) is 1. The molecule has 1 aromatic heterocycles. The first-order chi connectivity index (χ1) is 11.6. The van der Waals surface area contributed by atoms with Crippen LogP contribution in [-0.4, -0.2) is 25.5 Å². The molecule has 0 aliphatic carbocycles. The van der Waals surface area contributed by atoms with Crippen molar-refractivity contribution in [2.45, 2.75) is 6.92 Å². The predicted molar refractivity (Wildman–Crippen MR) is 87.8 cm³/mol. The van der Waals surface area contributed by atoms with Gasteiger partial charge >= 0.3 is 5.97 Å². The van der Waals surface area contributed by atoms with Crippen LogP contribution < -0.4 is 5.32 Å². The van der Waals surface area contributed by atoms with Crippen LogP contribution in [0.1, 0.15) is 23.0 Å². The number of esters is 1. The van der Waals surface area contributed by atoms with E-state index < -0.39 is 5.91 Å². The largest absolute Gasteiger partial charge is 0.462 e. The number of rotatable bonds is 5. The summed E-state index contributed by atoms with van der Waals surface area (Å²) in [7, 11) is 1.45. The topological polar surface area (TPSA) is 92.3 Å². The summed E-state index contributed by atoms with van der Waals surface area (Å²) in [5.74, 6) is 0.0936. The van der Waals surface area contributed by atoms with E-state index in [9.17, 15) is 9.59 Å². The fourth-order valence-corrected chi connectivity index (χ4v) is 2.00. The first-order valence-corrected chi connectivity index (χ1v) is 7.30. The van der Waals surface area contributed by atoms with Gasteiger partial charge < -0.3 is 14.5 Å². The van der Waals surface area contributed by atoms with Gasteiger partial charge in [-0.2, -0.15) is 5.26 Å². The monoisotopic (exact) mass is 324 g/mol. The van der Waals surface area contributed by atoms with E-state index in [4.69, 9.17) is 14.4 Å². The van der Waals surface area contributed by atoms with E-state index in [1.807, 2.05) is 6.07 Å². The van der Waals surface area contributed by atoms with Gasteiger partial charge in [0, 0.05) is 18.7 Å². The number of hydrogen-bond acceptors (Lipinski definition) is 5. The molecule has 1 amide bonds. The number of carbonyl (C=O) groups is 2. The van der Waals surface area contributed by atoms with Crippen LogP contribution in [0.2, 0.25) is 0 Å². The van der Waals surface area contributed by atoms with Gasteiger partial charge in [-0.25, -0.2) is 4.79 Å². The number of likely N-dealkylation sites (N-methyl/N-ethyl adjacent to an activating group) is 1. The molecule has 0 aliphatic heterocycles. The standard InChI is InChI=1S/C18H16N2O4/c1-3-23-18(22)13-6-4-12(5-7-13)16-9-8-15(24-16)10-14(11-19)17(21)20-2/h4-10H,3H2,1-2H3,(H,20,21)/b14-10+. The van der Waals surface area contributed by atoms with E-state index >= 15 is 0 Å². The maximum atomic E-state index is 11.6. The average molecular weight is 324 g/mol. The highest BCUT2D eigenvalue weighted by molar-refractivity contribution is 6.01. The fraction of sp³-hybridized carbons (Fsp3) is 0.167. The normalized spacial score (nSPS) is 10.8. The van der Waals surface area contributed by atoms with Crippen molar-refractivity contribution in [1.29, 1.82) is 5.26 Å². The lowest BCUT2D eigenvalue weighted by Gasteiger charge is -2.02. The highest BCUT2D eigenvalue weighted by atomic mass is 16.5. The van der Waals surface area contributed by atoms with E-state index in [1.165, 1.54) is 13.1 Å². The highest BCUT2D eigenvalue weighted by Crippen LogP contribution is 2.24. The van der Waals surface area contributed by atoms with Crippen molar-refractivity contribution in [3.63, 3.8) is 0 Å².